The first-order chi connectivity index (χ1) is 14.7. The molecule has 2 aromatic rings. The molecule has 1 saturated heterocycles. The Hall–Kier alpha value is -2.44. The Morgan fingerprint density at radius 1 is 1.23 bits per heavy atom. The fourth-order valence-corrected chi connectivity index (χ4v) is 5.56. The van der Waals surface area contributed by atoms with E-state index in [9.17, 15) is 22.8 Å². The van der Waals surface area contributed by atoms with Crippen LogP contribution in [0.3, 0.4) is 0 Å². The van der Waals surface area contributed by atoms with Gasteiger partial charge in [0.25, 0.3) is 5.56 Å². The van der Waals surface area contributed by atoms with Crippen molar-refractivity contribution in [1.82, 2.24) is 18.4 Å². The van der Waals surface area contributed by atoms with E-state index in [-0.39, 0.29) is 22.0 Å². The third kappa shape index (κ3) is 4.60. The van der Waals surface area contributed by atoms with E-state index in [2.05, 4.69) is 4.98 Å². The first-order valence-electron chi connectivity index (χ1n) is 9.90. The highest BCUT2D eigenvalue weighted by Crippen LogP contribution is 2.23. The Morgan fingerprint density at radius 2 is 1.90 bits per heavy atom. The lowest BCUT2D eigenvalue weighted by Gasteiger charge is -2.15. The number of aromatic nitrogens is 3. The van der Waals surface area contributed by atoms with Crippen LogP contribution in [0.25, 0.3) is 0 Å². The number of carbonyl (C=O) groups excluding carboxylic acids is 1. The zero-order valence-electron chi connectivity index (χ0n) is 17.4. The summed E-state index contributed by atoms with van der Waals surface area (Å²) in [7, 11) is -2.25. The summed E-state index contributed by atoms with van der Waals surface area (Å²) in [5, 5.41) is 0.436. The third-order valence-electron chi connectivity index (χ3n) is 5.07. The molecule has 10 nitrogen and oxygen atoms in total. The molecule has 0 bridgehead atoms. The van der Waals surface area contributed by atoms with Crippen LogP contribution in [0.4, 0.5) is 5.82 Å². The molecule has 0 aromatic carbocycles. The van der Waals surface area contributed by atoms with Gasteiger partial charge >= 0.3 is 5.69 Å². The topological polar surface area (TPSA) is 137 Å². The molecule has 1 fully saturated rings. The number of nitrogens with zero attached hydrogens (tertiary/aromatic N) is 4. The third-order valence-corrected chi connectivity index (χ3v) is 7.90. The van der Waals surface area contributed by atoms with E-state index in [0.29, 0.717) is 31.1 Å². The van der Waals surface area contributed by atoms with Crippen molar-refractivity contribution in [1.29, 1.82) is 0 Å². The summed E-state index contributed by atoms with van der Waals surface area (Å²) in [6.07, 6.45) is 3.57. The minimum absolute atomic E-state index is 0.106. The largest absolute Gasteiger partial charge is 0.384 e. The van der Waals surface area contributed by atoms with E-state index in [1.54, 1.807) is 0 Å². The second-order valence-corrected chi connectivity index (χ2v) is 10.1. The van der Waals surface area contributed by atoms with Gasteiger partial charge < -0.3 is 5.73 Å². The second kappa shape index (κ2) is 9.37. The number of thioether (sulfide) groups is 1. The molecule has 2 aromatic heterocycles. The molecular formula is C19H25N5O5S2. The fraction of sp³-hybridized carbons (Fsp3) is 0.474. The van der Waals surface area contributed by atoms with Crippen LogP contribution in [0.15, 0.2) is 37.8 Å². The summed E-state index contributed by atoms with van der Waals surface area (Å²) in [6.45, 7) is 3.15. The van der Waals surface area contributed by atoms with Gasteiger partial charge in [-0.1, -0.05) is 18.7 Å². The van der Waals surface area contributed by atoms with Gasteiger partial charge in [0.15, 0.2) is 5.78 Å². The molecule has 1 aliphatic heterocycles. The van der Waals surface area contributed by atoms with E-state index in [4.69, 9.17) is 5.73 Å². The predicted octanol–water partition coefficient (Wildman–Crippen LogP) is 0.694. The number of nitrogens with two attached hydrogens (primary N) is 1. The van der Waals surface area contributed by atoms with E-state index in [1.807, 2.05) is 6.92 Å². The summed E-state index contributed by atoms with van der Waals surface area (Å²) in [4.78, 5) is 41.6. The lowest BCUT2D eigenvalue weighted by Crippen LogP contribution is -2.42. The van der Waals surface area contributed by atoms with Crippen molar-refractivity contribution in [2.75, 3.05) is 24.6 Å². The van der Waals surface area contributed by atoms with Gasteiger partial charge in [0.2, 0.25) is 10.0 Å². The van der Waals surface area contributed by atoms with Gasteiger partial charge in [-0.05, 0) is 31.4 Å². The monoisotopic (exact) mass is 467 g/mol. The second-order valence-electron chi connectivity index (χ2n) is 7.21. The maximum Gasteiger partial charge on any atom is 0.332 e. The molecule has 2 N–H and O–H groups in total. The zero-order chi connectivity index (χ0) is 22.8. The van der Waals surface area contributed by atoms with Gasteiger partial charge in [-0.25, -0.2) is 18.2 Å². The van der Waals surface area contributed by atoms with E-state index in [0.717, 1.165) is 29.2 Å². The normalized spacial score (nSPS) is 14.8. The summed E-state index contributed by atoms with van der Waals surface area (Å²) >= 11 is 1.06. The maximum absolute atomic E-state index is 12.7. The summed E-state index contributed by atoms with van der Waals surface area (Å²) in [5.74, 6) is -0.793. The van der Waals surface area contributed by atoms with Crippen LogP contribution in [0.5, 0.6) is 0 Å². The van der Waals surface area contributed by atoms with Crippen LogP contribution in [0.1, 0.15) is 36.5 Å². The highest BCUT2D eigenvalue weighted by atomic mass is 32.2. The molecule has 0 aliphatic carbocycles. The van der Waals surface area contributed by atoms with Gasteiger partial charge in [0, 0.05) is 32.9 Å². The van der Waals surface area contributed by atoms with Crippen molar-refractivity contribution in [2.24, 2.45) is 7.05 Å². The van der Waals surface area contributed by atoms with Crippen molar-refractivity contribution < 1.29 is 13.2 Å². The molecule has 3 heterocycles. The number of pyridine rings is 1. The van der Waals surface area contributed by atoms with Crippen molar-refractivity contribution in [3.05, 3.63) is 44.7 Å². The Balaban J connectivity index is 1.77. The van der Waals surface area contributed by atoms with E-state index in [1.165, 1.54) is 34.2 Å². The van der Waals surface area contributed by atoms with Crippen molar-refractivity contribution in [2.45, 2.75) is 42.7 Å². The highest BCUT2D eigenvalue weighted by molar-refractivity contribution is 7.99. The van der Waals surface area contributed by atoms with Crippen LogP contribution in [-0.2, 0) is 23.6 Å². The SMILES string of the molecule is CCCn1c(N)c(C(=O)CSc2ccc(S(=O)(=O)N3CCCC3)cn2)c(=O)n(C)c1=O. The smallest absolute Gasteiger partial charge is 0.332 e. The molecule has 31 heavy (non-hydrogen) atoms. The Bertz CT molecular complexity index is 1200. The quantitative estimate of drug-likeness (QED) is 0.442. The van der Waals surface area contributed by atoms with E-state index >= 15 is 0 Å². The first-order valence-corrected chi connectivity index (χ1v) is 12.3. The van der Waals surface area contributed by atoms with Crippen molar-refractivity contribution in [3.63, 3.8) is 0 Å². The lowest BCUT2D eigenvalue weighted by atomic mass is 10.2. The van der Waals surface area contributed by atoms with Crippen LogP contribution in [0, 0.1) is 0 Å². The first kappa shape index (κ1) is 23.2. The summed E-state index contributed by atoms with van der Waals surface area (Å²) < 4.78 is 28.7. The van der Waals surface area contributed by atoms with Gasteiger partial charge in [0.05, 0.1) is 10.8 Å². The van der Waals surface area contributed by atoms with Crippen molar-refractivity contribution >= 4 is 33.4 Å². The van der Waals surface area contributed by atoms with Gasteiger partial charge in [0.1, 0.15) is 16.3 Å². The summed E-state index contributed by atoms with van der Waals surface area (Å²) in [6, 6.07) is 2.99. The number of anilines is 1. The number of nitrogen functional groups attached to an aromatic ring is 1. The Kier molecular flexibility index (Phi) is 7.02. The fourth-order valence-electron chi connectivity index (χ4n) is 3.38. The number of ketones is 1. The minimum Gasteiger partial charge on any atom is -0.384 e. The molecule has 168 valence electrons. The van der Waals surface area contributed by atoms with Gasteiger partial charge in [-0.15, -0.1) is 0 Å². The number of hydrogen-bond donors (Lipinski definition) is 1. The Morgan fingerprint density at radius 3 is 2.48 bits per heavy atom. The number of sulfonamides is 1. The lowest BCUT2D eigenvalue weighted by molar-refractivity contribution is 0.102. The highest BCUT2D eigenvalue weighted by Gasteiger charge is 2.27. The predicted molar refractivity (Wildman–Crippen MR) is 118 cm³/mol. The number of carbonyl (C=O) groups is 1. The number of rotatable bonds is 8. The molecule has 0 atom stereocenters. The van der Waals surface area contributed by atoms with Crippen LogP contribution < -0.4 is 17.0 Å². The molecule has 3 rings (SSSR count). The summed E-state index contributed by atoms with van der Waals surface area (Å²) in [5.41, 5.74) is 4.44. The van der Waals surface area contributed by atoms with Gasteiger partial charge in [-0.2, -0.15) is 4.31 Å². The Labute approximate surface area is 184 Å². The van der Waals surface area contributed by atoms with Crippen LogP contribution >= 0.6 is 11.8 Å². The van der Waals surface area contributed by atoms with E-state index < -0.39 is 27.1 Å². The average molecular weight is 468 g/mol. The molecule has 1 aliphatic rings. The standard InChI is InChI=1S/C19H25N5O5S2/c1-3-8-24-17(20)16(18(26)22(2)19(24)27)14(25)12-30-15-7-6-13(11-21-15)31(28,29)23-9-4-5-10-23/h6-7,11H,3-5,8-10,12,20H2,1-2H3. The maximum atomic E-state index is 12.7. The van der Waals surface area contributed by atoms with Gasteiger partial charge in [-0.3, -0.25) is 18.7 Å². The zero-order valence-corrected chi connectivity index (χ0v) is 19.0. The molecule has 0 spiro atoms. The molecule has 0 unspecified atom stereocenters. The van der Waals surface area contributed by atoms with Crippen molar-refractivity contribution in [3.8, 4) is 0 Å². The molecule has 0 saturated carbocycles. The minimum atomic E-state index is -3.56. The average Bonchev–Trinajstić information content (AvgIpc) is 3.30. The number of Topliss-reactive ketones (excluding diaryl/α,β-unsaturated/α-hetero) is 1. The molecular weight excluding hydrogens is 442 g/mol. The molecule has 0 radical (unpaired) electrons. The van der Waals surface area contributed by atoms with Crippen LogP contribution in [-0.4, -0.2) is 51.5 Å². The molecule has 12 heteroatoms. The number of hydrogen-bond acceptors (Lipinski definition) is 8. The molecule has 0 amide bonds. The van der Waals surface area contributed by atoms with Crippen LogP contribution in [0.2, 0.25) is 0 Å².